The van der Waals surface area contributed by atoms with Crippen LogP contribution in [0.2, 0.25) is 0 Å². The summed E-state index contributed by atoms with van der Waals surface area (Å²) >= 11 is 0. The number of rotatable bonds is 6. The highest BCUT2D eigenvalue weighted by Gasteiger charge is 2.30. The van der Waals surface area contributed by atoms with Crippen molar-refractivity contribution in [3.8, 4) is 0 Å². The summed E-state index contributed by atoms with van der Waals surface area (Å²) in [5, 5.41) is 2.99. The van der Waals surface area contributed by atoms with Crippen molar-refractivity contribution >= 4 is 21.9 Å². The predicted molar refractivity (Wildman–Crippen MR) is 126 cm³/mol. The van der Waals surface area contributed by atoms with Gasteiger partial charge in [0.05, 0.1) is 29.7 Å². The Morgan fingerprint density at radius 3 is 2.65 bits per heavy atom. The lowest BCUT2D eigenvalue weighted by atomic mass is 9.87. The van der Waals surface area contributed by atoms with Crippen LogP contribution in [0.15, 0.2) is 47.4 Å². The molecule has 0 bridgehead atoms. The molecule has 1 aliphatic carbocycles. The smallest absolute Gasteiger partial charge is 0.338 e. The van der Waals surface area contributed by atoms with Crippen LogP contribution >= 0.6 is 0 Å². The van der Waals surface area contributed by atoms with Crippen LogP contribution in [0.1, 0.15) is 52.9 Å². The fraction of sp³-hybridized carbons (Fsp3) is 0.440. The summed E-state index contributed by atoms with van der Waals surface area (Å²) in [6, 6.07) is 12.3. The molecule has 1 heterocycles. The van der Waals surface area contributed by atoms with E-state index in [0.717, 1.165) is 24.8 Å². The van der Waals surface area contributed by atoms with Gasteiger partial charge in [-0.1, -0.05) is 30.3 Å². The van der Waals surface area contributed by atoms with Crippen LogP contribution in [0.4, 0.5) is 0 Å². The number of carbonyl (C=O) groups excluding carboxylic acids is 2. The fourth-order valence-corrected chi connectivity index (χ4v) is 6.06. The molecule has 2 aromatic carbocycles. The van der Waals surface area contributed by atoms with E-state index in [4.69, 9.17) is 9.47 Å². The molecule has 1 aliphatic heterocycles. The largest absolute Gasteiger partial charge is 0.449 e. The first-order valence-corrected chi connectivity index (χ1v) is 13.0. The molecular weight excluding hydrogens is 456 g/mol. The Kier molecular flexibility index (Phi) is 7.35. The van der Waals surface area contributed by atoms with E-state index >= 15 is 0 Å². The van der Waals surface area contributed by atoms with Gasteiger partial charge < -0.3 is 14.8 Å². The van der Waals surface area contributed by atoms with Gasteiger partial charge >= 0.3 is 5.97 Å². The number of amides is 1. The monoisotopic (exact) mass is 486 g/mol. The predicted octanol–water partition coefficient (Wildman–Crippen LogP) is 2.76. The Balaban J connectivity index is 1.44. The molecule has 0 saturated carbocycles. The van der Waals surface area contributed by atoms with Crippen LogP contribution in [0.3, 0.4) is 0 Å². The number of benzene rings is 2. The van der Waals surface area contributed by atoms with Crippen LogP contribution in [-0.4, -0.2) is 57.0 Å². The van der Waals surface area contributed by atoms with Gasteiger partial charge in [0.2, 0.25) is 10.0 Å². The Bertz CT molecular complexity index is 1170. The Labute approximate surface area is 200 Å². The van der Waals surface area contributed by atoms with E-state index in [2.05, 4.69) is 11.4 Å². The van der Waals surface area contributed by atoms with Crippen LogP contribution in [0.5, 0.6) is 0 Å². The molecule has 1 fully saturated rings. The molecular formula is C25H30N2O6S. The van der Waals surface area contributed by atoms with Gasteiger partial charge in [0, 0.05) is 13.1 Å². The zero-order valence-electron chi connectivity index (χ0n) is 19.5. The molecule has 9 heteroatoms. The third-order valence-corrected chi connectivity index (χ3v) is 8.39. The maximum Gasteiger partial charge on any atom is 0.338 e. The summed E-state index contributed by atoms with van der Waals surface area (Å²) in [5.74, 6) is -1.13. The van der Waals surface area contributed by atoms with Gasteiger partial charge in [-0.3, -0.25) is 4.79 Å². The fourth-order valence-electron chi connectivity index (χ4n) is 4.41. The molecule has 2 aliphatic rings. The van der Waals surface area contributed by atoms with E-state index < -0.39 is 22.1 Å². The molecule has 0 spiro atoms. The average Bonchev–Trinajstić information content (AvgIpc) is 2.84. The second-order valence-electron chi connectivity index (χ2n) is 8.70. The molecule has 2 aromatic rings. The summed E-state index contributed by atoms with van der Waals surface area (Å²) < 4.78 is 38.2. The normalized spacial score (nSPS) is 19.6. The highest BCUT2D eigenvalue weighted by atomic mass is 32.2. The maximum atomic E-state index is 13.1. The summed E-state index contributed by atoms with van der Waals surface area (Å²) in [6.07, 6.45) is 1.75. The van der Waals surface area contributed by atoms with Crippen molar-refractivity contribution in [2.24, 2.45) is 0 Å². The summed E-state index contributed by atoms with van der Waals surface area (Å²) in [6.45, 7) is 4.38. The van der Waals surface area contributed by atoms with Crippen LogP contribution in [0, 0.1) is 6.92 Å². The van der Waals surface area contributed by atoms with Crippen molar-refractivity contribution < 1.29 is 27.5 Å². The molecule has 1 N–H and O–H groups in total. The molecule has 182 valence electrons. The van der Waals surface area contributed by atoms with Crippen LogP contribution in [-0.2, 0) is 30.7 Å². The third kappa shape index (κ3) is 5.16. The first kappa shape index (κ1) is 24.4. The molecule has 0 aromatic heterocycles. The van der Waals surface area contributed by atoms with E-state index in [1.54, 1.807) is 13.0 Å². The van der Waals surface area contributed by atoms with Gasteiger partial charge in [0.25, 0.3) is 5.91 Å². The van der Waals surface area contributed by atoms with E-state index in [1.807, 2.05) is 18.2 Å². The Morgan fingerprint density at radius 2 is 1.88 bits per heavy atom. The standard InChI is InChI=1S/C25H30N2O6S/c1-17-10-11-20(16-23(17)34(30,31)27-12-14-32-15-13-27)25(29)33-18(2)24(28)26-22-9-5-7-19-6-3-4-8-21(19)22/h3-4,6,8,10-11,16,18,22H,5,7,9,12-15H2,1-2H3,(H,26,28). The minimum Gasteiger partial charge on any atom is -0.449 e. The average molecular weight is 487 g/mol. The number of fused-ring (bicyclic) bond motifs is 1. The SMILES string of the molecule is Cc1ccc(C(=O)OC(C)C(=O)NC2CCCc3ccccc32)cc1S(=O)(=O)N1CCOCC1. The van der Waals surface area contributed by atoms with Crippen molar-refractivity contribution in [2.75, 3.05) is 26.3 Å². The van der Waals surface area contributed by atoms with Crippen molar-refractivity contribution in [3.63, 3.8) is 0 Å². The molecule has 4 rings (SSSR count). The molecule has 2 unspecified atom stereocenters. The number of aryl methyl sites for hydroxylation is 2. The van der Waals surface area contributed by atoms with Crippen LogP contribution in [0.25, 0.3) is 0 Å². The van der Waals surface area contributed by atoms with Gasteiger partial charge in [-0.15, -0.1) is 0 Å². The molecule has 1 amide bonds. The Hall–Kier alpha value is -2.75. The maximum absolute atomic E-state index is 13.1. The zero-order valence-corrected chi connectivity index (χ0v) is 20.3. The van der Waals surface area contributed by atoms with E-state index in [0.29, 0.717) is 18.8 Å². The quantitative estimate of drug-likeness (QED) is 0.630. The molecule has 1 saturated heterocycles. The number of sulfonamides is 1. The molecule has 0 radical (unpaired) electrons. The number of esters is 1. The minimum atomic E-state index is -3.77. The second kappa shape index (κ2) is 10.2. The highest BCUT2D eigenvalue weighted by molar-refractivity contribution is 7.89. The summed E-state index contributed by atoms with van der Waals surface area (Å²) in [7, 11) is -3.77. The van der Waals surface area contributed by atoms with Gasteiger partial charge in [-0.2, -0.15) is 4.31 Å². The summed E-state index contributed by atoms with van der Waals surface area (Å²) in [5.41, 5.74) is 2.93. The van der Waals surface area contributed by atoms with Gasteiger partial charge in [0.1, 0.15) is 0 Å². The number of nitrogens with zero attached hydrogens (tertiary/aromatic N) is 1. The first-order valence-electron chi connectivity index (χ1n) is 11.5. The molecule has 2 atom stereocenters. The van der Waals surface area contributed by atoms with Gasteiger partial charge in [-0.25, -0.2) is 13.2 Å². The summed E-state index contributed by atoms with van der Waals surface area (Å²) in [4.78, 5) is 25.6. The van der Waals surface area contributed by atoms with E-state index in [9.17, 15) is 18.0 Å². The zero-order chi connectivity index (χ0) is 24.3. The number of nitrogens with one attached hydrogen (secondary N) is 1. The van der Waals surface area contributed by atoms with Gasteiger partial charge in [-0.05, 0) is 61.9 Å². The lowest BCUT2D eigenvalue weighted by Crippen LogP contribution is -2.41. The number of hydrogen-bond acceptors (Lipinski definition) is 6. The van der Waals surface area contributed by atoms with Crippen LogP contribution < -0.4 is 5.32 Å². The van der Waals surface area contributed by atoms with Crippen molar-refractivity contribution in [1.29, 1.82) is 0 Å². The number of hydrogen-bond donors (Lipinski definition) is 1. The number of ether oxygens (including phenoxy) is 2. The van der Waals surface area contributed by atoms with E-state index in [1.165, 1.54) is 28.9 Å². The third-order valence-electron chi connectivity index (χ3n) is 6.35. The molecule has 8 nitrogen and oxygen atoms in total. The van der Waals surface area contributed by atoms with Crippen molar-refractivity contribution in [1.82, 2.24) is 9.62 Å². The number of carbonyl (C=O) groups is 2. The topological polar surface area (TPSA) is 102 Å². The van der Waals surface area contributed by atoms with Gasteiger partial charge in [0.15, 0.2) is 6.10 Å². The minimum absolute atomic E-state index is 0.0553. The van der Waals surface area contributed by atoms with Crippen molar-refractivity contribution in [3.05, 3.63) is 64.7 Å². The number of morpholine rings is 1. The second-order valence-corrected chi connectivity index (χ2v) is 10.6. The highest BCUT2D eigenvalue weighted by Crippen LogP contribution is 2.29. The lowest BCUT2D eigenvalue weighted by molar-refractivity contribution is -0.130. The van der Waals surface area contributed by atoms with E-state index in [-0.39, 0.29) is 35.5 Å². The Morgan fingerprint density at radius 1 is 1.15 bits per heavy atom. The van der Waals surface area contributed by atoms with Crippen molar-refractivity contribution in [2.45, 2.75) is 50.2 Å². The first-order chi connectivity index (χ1) is 16.3. The lowest BCUT2D eigenvalue weighted by Gasteiger charge is -2.27. The molecule has 34 heavy (non-hydrogen) atoms.